The van der Waals surface area contributed by atoms with Crippen LogP contribution in [0, 0.1) is 0 Å². The van der Waals surface area contributed by atoms with Crippen molar-refractivity contribution in [3.05, 3.63) is 65.5 Å². The van der Waals surface area contributed by atoms with E-state index in [-0.39, 0.29) is 0 Å². The maximum atomic E-state index is 12.5. The third kappa shape index (κ3) is 2.52. The zero-order valence-corrected chi connectivity index (χ0v) is 10.4. The molecule has 3 aromatic rings. The minimum atomic E-state index is -4.29. The summed E-state index contributed by atoms with van der Waals surface area (Å²) >= 11 is 0. The smallest absolute Gasteiger partial charge is 0.342 e. The van der Waals surface area contributed by atoms with Crippen LogP contribution < -0.4 is 0 Å². The lowest BCUT2D eigenvalue weighted by Crippen LogP contribution is -2.04. The lowest BCUT2D eigenvalue weighted by molar-refractivity contribution is -0.137. The Labute approximate surface area is 113 Å². The summed E-state index contributed by atoms with van der Waals surface area (Å²) in [5.74, 6) is 0.742. The van der Waals surface area contributed by atoms with Gasteiger partial charge in [-0.25, -0.2) is 4.98 Å². The van der Waals surface area contributed by atoms with Crippen molar-refractivity contribution in [2.75, 3.05) is 0 Å². The van der Waals surface area contributed by atoms with Crippen molar-refractivity contribution in [2.45, 2.75) is 12.6 Å². The topological polar surface area (TPSA) is 28.7 Å². The number of nitrogens with zero attached hydrogens (tertiary/aromatic N) is 1. The van der Waals surface area contributed by atoms with E-state index in [0.717, 1.165) is 34.6 Å². The number of nitrogens with one attached hydrogen (secondary N) is 1. The SMILES string of the molecule is FC(F)(F)c1ccc(Cc2nc3ccccc3[nH]2)cc1. The average molecular weight is 276 g/mol. The number of para-hydroxylation sites is 2. The van der Waals surface area contributed by atoms with E-state index in [1.54, 1.807) is 0 Å². The molecule has 0 aliphatic rings. The van der Waals surface area contributed by atoms with Crippen LogP contribution in [0.1, 0.15) is 17.0 Å². The fourth-order valence-electron chi connectivity index (χ4n) is 2.09. The minimum absolute atomic E-state index is 0.479. The Morgan fingerprint density at radius 1 is 0.950 bits per heavy atom. The first-order valence-electron chi connectivity index (χ1n) is 6.12. The second-order valence-electron chi connectivity index (χ2n) is 4.57. The molecule has 0 aliphatic heterocycles. The summed E-state index contributed by atoms with van der Waals surface area (Å²) < 4.78 is 37.4. The van der Waals surface area contributed by atoms with Gasteiger partial charge in [0.1, 0.15) is 5.82 Å². The molecule has 5 heteroatoms. The second-order valence-corrected chi connectivity index (χ2v) is 4.57. The minimum Gasteiger partial charge on any atom is -0.342 e. The molecule has 3 rings (SSSR count). The van der Waals surface area contributed by atoms with Gasteiger partial charge in [-0.05, 0) is 29.8 Å². The monoisotopic (exact) mass is 276 g/mol. The highest BCUT2D eigenvalue weighted by molar-refractivity contribution is 5.74. The van der Waals surface area contributed by atoms with E-state index in [0.29, 0.717) is 6.42 Å². The number of halogens is 3. The van der Waals surface area contributed by atoms with E-state index >= 15 is 0 Å². The Morgan fingerprint density at radius 2 is 1.65 bits per heavy atom. The molecule has 0 spiro atoms. The van der Waals surface area contributed by atoms with Gasteiger partial charge in [-0.3, -0.25) is 0 Å². The summed E-state index contributed by atoms with van der Waals surface area (Å²) in [4.78, 5) is 7.56. The highest BCUT2D eigenvalue weighted by Crippen LogP contribution is 2.29. The van der Waals surface area contributed by atoms with Crippen LogP contribution >= 0.6 is 0 Å². The Kier molecular flexibility index (Phi) is 2.97. The summed E-state index contributed by atoms with van der Waals surface area (Å²) in [7, 11) is 0. The van der Waals surface area contributed by atoms with E-state index in [9.17, 15) is 13.2 Å². The van der Waals surface area contributed by atoms with Crippen molar-refractivity contribution in [1.82, 2.24) is 9.97 Å². The summed E-state index contributed by atoms with van der Waals surface area (Å²) in [5, 5.41) is 0. The van der Waals surface area contributed by atoms with Crippen molar-refractivity contribution in [3.8, 4) is 0 Å². The molecular formula is C15H11F3N2. The molecule has 0 aliphatic carbocycles. The lowest BCUT2D eigenvalue weighted by Gasteiger charge is -2.06. The molecule has 20 heavy (non-hydrogen) atoms. The normalized spacial score (nSPS) is 11.9. The molecule has 0 saturated heterocycles. The molecule has 0 saturated carbocycles. The molecule has 0 bridgehead atoms. The largest absolute Gasteiger partial charge is 0.416 e. The van der Waals surface area contributed by atoms with Crippen molar-refractivity contribution in [3.63, 3.8) is 0 Å². The standard InChI is InChI=1S/C15H11F3N2/c16-15(17,18)11-7-5-10(6-8-11)9-14-19-12-3-1-2-4-13(12)20-14/h1-8H,9H2,(H,19,20). The van der Waals surface area contributed by atoms with Crippen LogP contribution in [0.25, 0.3) is 11.0 Å². The first-order chi connectivity index (χ1) is 9.52. The summed E-state index contributed by atoms with van der Waals surface area (Å²) in [5.41, 5.74) is 1.94. The number of benzene rings is 2. The molecule has 0 radical (unpaired) electrons. The van der Waals surface area contributed by atoms with Crippen LogP contribution in [-0.2, 0) is 12.6 Å². The van der Waals surface area contributed by atoms with Crippen molar-refractivity contribution in [1.29, 1.82) is 0 Å². The first-order valence-corrected chi connectivity index (χ1v) is 6.12. The lowest BCUT2D eigenvalue weighted by atomic mass is 10.1. The number of H-pyrrole nitrogens is 1. The van der Waals surface area contributed by atoms with Gasteiger partial charge < -0.3 is 4.98 Å². The first kappa shape index (κ1) is 12.7. The quantitative estimate of drug-likeness (QED) is 0.747. The number of hydrogen-bond acceptors (Lipinski definition) is 1. The molecule has 1 N–H and O–H groups in total. The van der Waals surface area contributed by atoms with Gasteiger partial charge in [0.2, 0.25) is 0 Å². The summed E-state index contributed by atoms with van der Waals surface area (Å²) in [6.07, 6.45) is -3.81. The fraction of sp³-hybridized carbons (Fsp3) is 0.133. The molecule has 0 atom stereocenters. The van der Waals surface area contributed by atoms with Crippen LogP contribution in [-0.4, -0.2) is 9.97 Å². The third-order valence-corrected chi connectivity index (χ3v) is 3.09. The molecule has 0 unspecified atom stereocenters. The molecule has 1 heterocycles. The Morgan fingerprint density at radius 3 is 2.30 bits per heavy atom. The van der Waals surface area contributed by atoms with E-state index in [2.05, 4.69) is 9.97 Å². The average Bonchev–Trinajstić information content (AvgIpc) is 2.80. The molecule has 2 nitrogen and oxygen atoms in total. The third-order valence-electron chi connectivity index (χ3n) is 3.09. The maximum Gasteiger partial charge on any atom is 0.416 e. The van der Waals surface area contributed by atoms with Gasteiger partial charge in [0.15, 0.2) is 0 Å². The molecule has 0 amide bonds. The van der Waals surface area contributed by atoms with Crippen LogP contribution in [0.2, 0.25) is 0 Å². The van der Waals surface area contributed by atoms with Gasteiger partial charge in [-0.15, -0.1) is 0 Å². The highest BCUT2D eigenvalue weighted by Gasteiger charge is 2.29. The van der Waals surface area contributed by atoms with Gasteiger partial charge >= 0.3 is 6.18 Å². The van der Waals surface area contributed by atoms with Crippen LogP contribution in [0.15, 0.2) is 48.5 Å². The van der Waals surface area contributed by atoms with E-state index in [1.165, 1.54) is 12.1 Å². The van der Waals surface area contributed by atoms with Crippen LogP contribution in [0.5, 0.6) is 0 Å². The summed E-state index contributed by atoms with van der Waals surface area (Å²) in [6, 6.07) is 12.8. The maximum absolute atomic E-state index is 12.5. The predicted molar refractivity (Wildman–Crippen MR) is 70.3 cm³/mol. The molecule has 2 aromatic carbocycles. The number of aromatic amines is 1. The molecular weight excluding hydrogens is 265 g/mol. The van der Waals surface area contributed by atoms with Gasteiger partial charge in [0.25, 0.3) is 0 Å². The van der Waals surface area contributed by atoms with Crippen LogP contribution in [0.4, 0.5) is 13.2 Å². The highest BCUT2D eigenvalue weighted by atomic mass is 19.4. The van der Waals surface area contributed by atoms with Gasteiger partial charge in [0.05, 0.1) is 16.6 Å². The Balaban J connectivity index is 1.84. The van der Waals surface area contributed by atoms with E-state index in [4.69, 9.17) is 0 Å². The van der Waals surface area contributed by atoms with Gasteiger partial charge in [-0.2, -0.15) is 13.2 Å². The number of alkyl halides is 3. The number of hydrogen-bond donors (Lipinski definition) is 1. The molecule has 0 fully saturated rings. The number of fused-ring (bicyclic) bond motifs is 1. The predicted octanol–water partition coefficient (Wildman–Crippen LogP) is 4.17. The zero-order valence-electron chi connectivity index (χ0n) is 10.4. The van der Waals surface area contributed by atoms with E-state index in [1.807, 2.05) is 24.3 Å². The second kappa shape index (κ2) is 4.67. The van der Waals surface area contributed by atoms with Gasteiger partial charge in [-0.1, -0.05) is 24.3 Å². The zero-order chi connectivity index (χ0) is 14.2. The Hall–Kier alpha value is -2.30. The van der Waals surface area contributed by atoms with Gasteiger partial charge in [0, 0.05) is 6.42 Å². The Bertz CT molecular complexity index is 694. The van der Waals surface area contributed by atoms with Crippen molar-refractivity contribution >= 4 is 11.0 Å². The van der Waals surface area contributed by atoms with Crippen molar-refractivity contribution in [2.24, 2.45) is 0 Å². The fourth-order valence-corrected chi connectivity index (χ4v) is 2.09. The number of rotatable bonds is 2. The molecule has 102 valence electrons. The number of imidazole rings is 1. The van der Waals surface area contributed by atoms with E-state index < -0.39 is 11.7 Å². The number of aromatic nitrogens is 2. The van der Waals surface area contributed by atoms with Crippen LogP contribution in [0.3, 0.4) is 0 Å². The summed E-state index contributed by atoms with van der Waals surface area (Å²) in [6.45, 7) is 0. The van der Waals surface area contributed by atoms with Crippen molar-refractivity contribution < 1.29 is 13.2 Å². The molecule has 1 aromatic heterocycles.